The fourth-order valence-electron chi connectivity index (χ4n) is 0.473. The third-order valence-electron chi connectivity index (χ3n) is 1.03. The fraction of sp³-hybridized carbons (Fsp3) is 0.571. The van der Waals surface area contributed by atoms with Crippen LogP contribution in [0.15, 0.2) is 11.6 Å². The molecule has 0 atom stereocenters. The first-order chi connectivity index (χ1) is 4.76. The molecule has 0 aromatic heterocycles. The summed E-state index contributed by atoms with van der Waals surface area (Å²) in [5, 5.41) is 0.558. The van der Waals surface area contributed by atoms with Crippen molar-refractivity contribution in [3.05, 3.63) is 11.6 Å². The molecule has 0 rings (SSSR count). The van der Waals surface area contributed by atoms with Crippen LogP contribution in [0.2, 0.25) is 0 Å². The highest BCUT2D eigenvalue weighted by Gasteiger charge is 2.05. The Morgan fingerprint density at radius 2 is 2.30 bits per heavy atom. The zero-order valence-corrected chi connectivity index (χ0v) is 7.77. The molecule has 0 spiro atoms. The number of rotatable bonds is 3. The van der Waals surface area contributed by atoms with Crippen molar-refractivity contribution in [2.24, 2.45) is 0 Å². The van der Waals surface area contributed by atoms with Crippen molar-refractivity contribution in [3.63, 3.8) is 0 Å². The lowest BCUT2D eigenvalue weighted by Crippen LogP contribution is -2.07. The molecule has 0 N–H and O–H groups in total. The minimum atomic E-state index is -0.234. The molecule has 0 radical (unpaired) electrons. The summed E-state index contributed by atoms with van der Waals surface area (Å²) in [6.45, 7) is 4.04. The number of hydrogen-bond acceptors (Lipinski definition) is 2. The Hall–Kier alpha value is -0.310. The summed E-state index contributed by atoms with van der Waals surface area (Å²) in [5.74, 6) is -0.234. The number of ether oxygens (including phenoxy) is 1. The van der Waals surface area contributed by atoms with E-state index >= 15 is 0 Å². The van der Waals surface area contributed by atoms with Crippen molar-refractivity contribution >= 4 is 21.9 Å². The maximum absolute atomic E-state index is 10.9. The first kappa shape index (κ1) is 9.69. The Morgan fingerprint density at radius 3 is 2.60 bits per heavy atom. The van der Waals surface area contributed by atoms with Gasteiger partial charge in [0.1, 0.15) is 0 Å². The molecule has 0 aliphatic rings. The Balaban J connectivity index is 3.91. The van der Waals surface area contributed by atoms with Crippen LogP contribution in [0, 0.1) is 0 Å². The summed E-state index contributed by atoms with van der Waals surface area (Å²) in [6.07, 6.45) is 1.74. The second kappa shape index (κ2) is 5.47. The van der Waals surface area contributed by atoms with Gasteiger partial charge < -0.3 is 4.74 Å². The number of carbonyl (C=O) groups is 1. The molecule has 0 saturated carbocycles. The first-order valence-electron chi connectivity index (χ1n) is 3.14. The highest BCUT2D eigenvalue weighted by atomic mass is 79.9. The summed E-state index contributed by atoms with van der Waals surface area (Å²) >= 11 is 3.18. The van der Waals surface area contributed by atoms with Crippen LogP contribution in [0.1, 0.15) is 13.8 Å². The summed E-state index contributed by atoms with van der Waals surface area (Å²) in [5.41, 5.74) is 0.668. The van der Waals surface area contributed by atoms with Gasteiger partial charge >= 0.3 is 5.97 Å². The molecule has 0 aliphatic heterocycles. The molecule has 58 valence electrons. The van der Waals surface area contributed by atoms with Crippen molar-refractivity contribution in [2.75, 3.05) is 11.9 Å². The van der Waals surface area contributed by atoms with Crippen LogP contribution in [0.3, 0.4) is 0 Å². The molecule has 0 unspecified atom stereocenters. The van der Waals surface area contributed by atoms with Crippen molar-refractivity contribution in [2.45, 2.75) is 13.8 Å². The average Bonchev–Trinajstić information content (AvgIpc) is 1.91. The molecule has 0 aromatic rings. The maximum atomic E-state index is 10.9. The van der Waals surface area contributed by atoms with Gasteiger partial charge in [0, 0.05) is 10.9 Å². The van der Waals surface area contributed by atoms with Gasteiger partial charge in [0.15, 0.2) is 0 Å². The highest BCUT2D eigenvalue weighted by molar-refractivity contribution is 9.09. The van der Waals surface area contributed by atoms with E-state index in [1.54, 1.807) is 13.0 Å². The Morgan fingerprint density at radius 1 is 1.70 bits per heavy atom. The van der Waals surface area contributed by atoms with Gasteiger partial charge in [-0.3, -0.25) is 0 Å². The molecule has 0 aliphatic carbocycles. The molecular weight excluding hydrogens is 196 g/mol. The van der Waals surface area contributed by atoms with E-state index in [-0.39, 0.29) is 5.97 Å². The van der Waals surface area contributed by atoms with Gasteiger partial charge in [-0.15, -0.1) is 0 Å². The number of allylic oxidation sites excluding steroid dienone is 1. The van der Waals surface area contributed by atoms with Crippen LogP contribution in [-0.4, -0.2) is 17.9 Å². The molecular formula is C7H11BrO2. The van der Waals surface area contributed by atoms with Crippen LogP contribution < -0.4 is 0 Å². The standard InChI is InChI=1S/C7H11BrO2/c1-3-6(5-8)7(9)10-4-2/h3H,4-5H2,1-2H3/b6-3+. The van der Waals surface area contributed by atoms with Crippen molar-refractivity contribution in [1.29, 1.82) is 0 Å². The van der Waals surface area contributed by atoms with Gasteiger partial charge in [0.2, 0.25) is 0 Å². The van der Waals surface area contributed by atoms with E-state index in [9.17, 15) is 4.79 Å². The van der Waals surface area contributed by atoms with Gasteiger partial charge in [0.05, 0.1) is 6.61 Å². The van der Waals surface area contributed by atoms with Gasteiger partial charge in [-0.1, -0.05) is 22.0 Å². The summed E-state index contributed by atoms with van der Waals surface area (Å²) < 4.78 is 4.75. The van der Waals surface area contributed by atoms with Gasteiger partial charge in [0.25, 0.3) is 0 Å². The molecule has 0 aromatic carbocycles. The maximum Gasteiger partial charge on any atom is 0.334 e. The monoisotopic (exact) mass is 206 g/mol. The summed E-state index contributed by atoms with van der Waals surface area (Å²) in [6, 6.07) is 0. The SMILES string of the molecule is C/C=C(\CBr)C(=O)OCC. The molecule has 0 amide bonds. The van der Waals surface area contributed by atoms with Crippen molar-refractivity contribution in [1.82, 2.24) is 0 Å². The van der Waals surface area contributed by atoms with Crippen LogP contribution in [0.25, 0.3) is 0 Å². The first-order valence-corrected chi connectivity index (χ1v) is 4.26. The lowest BCUT2D eigenvalue weighted by Gasteiger charge is -2.00. The number of carbonyl (C=O) groups excluding carboxylic acids is 1. The average molecular weight is 207 g/mol. The molecule has 0 saturated heterocycles. The predicted octanol–water partition coefficient (Wildman–Crippen LogP) is 1.89. The lowest BCUT2D eigenvalue weighted by atomic mass is 10.3. The zero-order chi connectivity index (χ0) is 7.98. The summed E-state index contributed by atoms with van der Waals surface area (Å²) in [4.78, 5) is 10.9. The van der Waals surface area contributed by atoms with Crippen molar-refractivity contribution in [3.8, 4) is 0 Å². The largest absolute Gasteiger partial charge is 0.463 e. The number of esters is 1. The lowest BCUT2D eigenvalue weighted by molar-refractivity contribution is -0.138. The fourth-order valence-corrected chi connectivity index (χ4v) is 1.03. The van der Waals surface area contributed by atoms with Crippen LogP contribution in [0.4, 0.5) is 0 Å². The van der Waals surface area contributed by atoms with E-state index in [2.05, 4.69) is 15.9 Å². The van der Waals surface area contributed by atoms with E-state index < -0.39 is 0 Å². The normalized spacial score (nSPS) is 11.3. The smallest absolute Gasteiger partial charge is 0.334 e. The summed E-state index contributed by atoms with van der Waals surface area (Å²) in [7, 11) is 0. The quantitative estimate of drug-likeness (QED) is 0.401. The molecule has 3 heteroatoms. The van der Waals surface area contributed by atoms with E-state index in [1.165, 1.54) is 0 Å². The Kier molecular flexibility index (Phi) is 5.30. The van der Waals surface area contributed by atoms with E-state index in [0.717, 1.165) is 0 Å². The third-order valence-corrected chi connectivity index (χ3v) is 1.63. The molecule has 0 fully saturated rings. The zero-order valence-electron chi connectivity index (χ0n) is 6.19. The predicted molar refractivity (Wildman–Crippen MR) is 44.2 cm³/mol. The van der Waals surface area contributed by atoms with E-state index in [1.807, 2.05) is 6.92 Å². The molecule has 0 bridgehead atoms. The molecule has 10 heavy (non-hydrogen) atoms. The second-order valence-corrected chi connectivity index (χ2v) is 2.23. The van der Waals surface area contributed by atoms with Crippen LogP contribution in [-0.2, 0) is 9.53 Å². The van der Waals surface area contributed by atoms with E-state index in [0.29, 0.717) is 17.5 Å². The van der Waals surface area contributed by atoms with Crippen LogP contribution >= 0.6 is 15.9 Å². The van der Waals surface area contributed by atoms with Gasteiger partial charge in [-0.05, 0) is 13.8 Å². The minimum absolute atomic E-state index is 0.234. The van der Waals surface area contributed by atoms with Gasteiger partial charge in [-0.25, -0.2) is 4.79 Å². The number of halogens is 1. The Labute approximate surface area is 69.4 Å². The third kappa shape index (κ3) is 3.01. The van der Waals surface area contributed by atoms with Crippen molar-refractivity contribution < 1.29 is 9.53 Å². The van der Waals surface area contributed by atoms with Crippen LogP contribution in [0.5, 0.6) is 0 Å². The second-order valence-electron chi connectivity index (χ2n) is 1.67. The number of alkyl halides is 1. The topological polar surface area (TPSA) is 26.3 Å². The van der Waals surface area contributed by atoms with E-state index in [4.69, 9.17) is 4.74 Å². The molecule has 2 nitrogen and oxygen atoms in total. The number of hydrogen-bond donors (Lipinski definition) is 0. The Bertz CT molecular complexity index is 141. The molecule has 0 heterocycles. The van der Waals surface area contributed by atoms with Gasteiger partial charge in [-0.2, -0.15) is 0 Å². The minimum Gasteiger partial charge on any atom is -0.463 e. The highest BCUT2D eigenvalue weighted by Crippen LogP contribution is 2.01.